The lowest BCUT2D eigenvalue weighted by atomic mass is 9.99. The Balaban J connectivity index is 1.46. The number of fused-ring (bicyclic) bond motifs is 1. The highest BCUT2D eigenvalue weighted by molar-refractivity contribution is 5.97. The molecule has 2 aromatic carbocycles. The van der Waals surface area contributed by atoms with E-state index in [9.17, 15) is 9.59 Å². The Morgan fingerprint density at radius 3 is 2.59 bits per heavy atom. The van der Waals surface area contributed by atoms with E-state index in [1.165, 1.54) is 0 Å². The van der Waals surface area contributed by atoms with E-state index in [2.05, 4.69) is 12.1 Å². The Hall–Kier alpha value is -3.13. The molecule has 0 spiro atoms. The third kappa shape index (κ3) is 4.17. The zero-order valence-corrected chi connectivity index (χ0v) is 16.6. The molecule has 5 nitrogen and oxygen atoms in total. The van der Waals surface area contributed by atoms with Crippen LogP contribution in [0.2, 0.25) is 0 Å². The maximum Gasteiger partial charge on any atom is 0.227 e. The van der Waals surface area contributed by atoms with Crippen LogP contribution >= 0.6 is 0 Å². The minimum atomic E-state index is 0.122. The molecule has 0 N–H and O–H groups in total. The van der Waals surface area contributed by atoms with Crippen molar-refractivity contribution in [3.05, 3.63) is 59.2 Å². The van der Waals surface area contributed by atoms with Gasteiger partial charge in [0.25, 0.3) is 0 Å². The molecule has 4 rings (SSSR count). The van der Waals surface area contributed by atoms with Gasteiger partial charge in [-0.2, -0.15) is 5.26 Å². The molecule has 148 valence electrons. The molecule has 2 aliphatic rings. The molecular formula is C24H25N3O2. The number of piperidine rings is 1. The molecule has 0 unspecified atom stereocenters. The number of nitrogens with zero attached hydrogens (tertiary/aromatic N) is 3. The molecule has 0 atom stereocenters. The Morgan fingerprint density at radius 1 is 1.00 bits per heavy atom. The molecule has 0 aliphatic carbocycles. The van der Waals surface area contributed by atoms with E-state index in [1.54, 1.807) is 12.1 Å². The van der Waals surface area contributed by atoms with Gasteiger partial charge in [-0.25, -0.2) is 0 Å². The van der Waals surface area contributed by atoms with Crippen molar-refractivity contribution in [1.29, 1.82) is 5.26 Å². The van der Waals surface area contributed by atoms with Crippen LogP contribution in [-0.2, 0) is 22.4 Å². The number of rotatable bonds is 4. The molecular weight excluding hydrogens is 362 g/mol. The molecule has 1 saturated heterocycles. The smallest absolute Gasteiger partial charge is 0.227 e. The zero-order chi connectivity index (χ0) is 20.2. The molecule has 29 heavy (non-hydrogen) atoms. The van der Waals surface area contributed by atoms with E-state index < -0.39 is 0 Å². The maximum atomic E-state index is 12.9. The van der Waals surface area contributed by atoms with Crippen molar-refractivity contribution in [2.24, 2.45) is 0 Å². The molecule has 0 bridgehead atoms. The van der Waals surface area contributed by atoms with Gasteiger partial charge in [0.15, 0.2) is 0 Å². The number of hydrogen-bond donors (Lipinski definition) is 0. The van der Waals surface area contributed by atoms with Gasteiger partial charge < -0.3 is 9.80 Å². The van der Waals surface area contributed by atoms with Gasteiger partial charge in [0.1, 0.15) is 0 Å². The number of carbonyl (C=O) groups excluding carboxylic acids is 2. The fourth-order valence-electron chi connectivity index (χ4n) is 4.22. The van der Waals surface area contributed by atoms with Crippen LogP contribution in [0.5, 0.6) is 0 Å². The average Bonchev–Trinajstić information content (AvgIpc) is 2.77. The summed E-state index contributed by atoms with van der Waals surface area (Å²) >= 11 is 0. The molecule has 2 heterocycles. The van der Waals surface area contributed by atoms with Crippen LogP contribution in [0.4, 0.5) is 11.4 Å². The number of benzene rings is 2. The summed E-state index contributed by atoms with van der Waals surface area (Å²) in [4.78, 5) is 28.9. The first-order valence-corrected chi connectivity index (χ1v) is 10.4. The van der Waals surface area contributed by atoms with Crippen molar-refractivity contribution in [3.8, 4) is 6.07 Å². The lowest BCUT2D eigenvalue weighted by molar-refractivity contribution is -0.120. The average molecular weight is 387 g/mol. The van der Waals surface area contributed by atoms with Crippen molar-refractivity contribution >= 4 is 23.2 Å². The summed E-state index contributed by atoms with van der Waals surface area (Å²) in [6.45, 7) is 1.52. The molecule has 2 aliphatic heterocycles. The Kier molecular flexibility index (Phi) is 5.62. The first kappa shape index (κ1) is 19.2. The summed E-state index contributed by atoms with van der Waals surface area (Å²) in [7, 11) is 0. The van der Waals surface area contributed by atoms with Gasteiger partial charge in [-0.15, -0.1) is 0 Å². The van der Waals surface area contributed by atoms with Crippen LogP contribution in [0.15, 0.2) is 42.5 Å². The summed E-state index contributed by atoms with van der Waals surface area (Å²) in [5.41, 5.74) is 4.79. The molecule has 2 amide bonds. The topological polar surface area (TPSA) is 64.4 Å². The second-order valence-electron chi connectivity index (χ2n) is 7.77. The van der Waals surface area contributed by atoms with Crippen LogP contribution in [0.1, 0.15) is 48.8 Å². The summed E-state index contributed by atoms with van der Waals surface area (Å²) in [6.07, 6.45) is 5.62. The SMILES string of the molecule is N#Cc1ccc(CCC(=O)N2CCCc3cc(N4CCCCC4=O)ccc32)cc1. The van der Waals surface area contributed by atoms with Gasteiger partial charge in [0, 0.05) is 37.3 Å². The lowest BCUT2D eigenvalue weighted by Gasteiger charge is -2.32. The summed E-state index contributed by atoms with van der Waals surface area (Å²) in [5.74, 6) is 0.319. The number of nitriles is 1. The molecule has 1 fully saturated rings. The Labute approximate surface area is 171 Å². The number of carbonyl (C=O) groups is 2. The van der Waals surface area contributed by atoms with Crippen LogP contribution < -0.4 is 9.80 Å². The molecule has 0 aromatic heterocycles. The highest BCUT2D eigenvalue weighted by Gasteiger charge is 2.25. The second kappa shape index (κ2) is 8.48. The van der Waals surface area contributed by atoms with E-state index in [-0.39, 0.29) is 11.8 Å². The third-order valence-corrected chi connectivity index (χ3v) is 5.83. The van der Waals surface area contributed by atoms with Crippen molar-refractivity contribution in [2.75, 3.05) is 22.9 Å². The highest BCUT2D eigenvalue weighted by atomic mass is 16.2. The van der Waals surface area contributed by atoms with Gasteiger partial charge >= 0.3 is 0 Å². The van der Waals surface area contributed by atoms with E-state index in [1.807, 2.05) is 34.1 Å². The van der Waals surface area contributed by atoms with Gasteiger partial charge in [-0.3, -0.25) is 9.59 Å². The predicted molar refractivity (Wildman–Crippen MR) is 113 cm³/mol. The lowest BCUT2D eigenvalue weighted by Crippen LogP contribution is -2.37. The maximum absolute atomic E-state index is 12.9. The minimum Gasteiger partial charge on any atom is -0.312 e. The summed E-state index contributed by atoms with van der Waals surface area (Å²) in [6, 6.07) is 15.6. The third-order valence-electron chi connectivity index (χ3n) is 5.83. The monoisotopic (exact) mass is 387 g/mol. The second-order valence-corrected chi connectivity index (χ2v) is 7.77. The highest BCUT2D eigenvalue weighted by Crippen LogP contribution is 2.32. The fourth-order valence-corrected chi connectivity index (χ4v) is 4.22. The number of amides is 2. The van der Waals surface area contributed by atoms with E-state index in [0.717, 1.165) is 61.3 Å². The first-order chi connectivity index (χ1) is 14.2. The van der Waals surface area contributed by atoms with Crippen molar-refractivity contribution in [1.82, 2.24) is 0 Å². The first-order valence-electron chi connectivity index (χ1n) is 10.4. The molecule has 5 heteroatoms. The predicted octanol–water partition coefficient (Wildman–Crippen LogP) is 3.99. The quantitative estimate of drug-likeness (QED) is 0.797. The van der Waals surface area contributed by atoms with Crippen LogP contribution in [0, 0.1) is 11.3 Å². The number of aryl methyl sites for hydroxylation is 2. The van der Waals surface area contributed by atoms with Crippen LogP contribution in [0.25, 0.3) is 0 Å². The Bertz CT molecular complexity index is 959. The normalized spacial score (nSPS) is 16.3. The van der Waals surface area contributed by atoms with Crippen molar-refractivity contribution in [2.45, 2.75) is 44.9 Å². The Morgan fingerprint density at radius 2 is 1.83 bits per heavy atom. The number of hydrogen-bond acceptors (Lipinski definition) is 3. The van der Waals surface area contributed by atoms with E-state index in [0.29, 0.717) is 24.8 Å². The van der Waals surface area contributed by atoms with Crippen LogP contribution in [-0.4, -0.2) is 24.9 Å². The largest absolute Gasteiger partial charge is 0.312 e. The van der Waals surface area contributed by atoms with E-state index in [4.69, 9.17) is 5.26 Å². The van der Waals surface area contributed by atoms with Crippen LogP contribution in [0.3, 0.4) is 0 Å². The molecule has 0 saturated carbocycles. The summed E-state index contributed by atoms with van der Waals surface area (Å²) < 4.78 is 0. The standard InChI is InChI=1S/C24H25N3O2/c25-17-19-8-6-18(7-9-19)10-13-24(29)27-15-3-4-20-16-21(11-12-22(20)27)26-14-2-1-5-23(26)28/h6-9,11-12,16H,1-5,10,13-15H2. The molecule has 2 aromatic rings. The van der Waals surface area contributed by atoms with Gasteiger partial charge in [0.2, 0.25) is 11.8 Å². The molecule has 0 radical (unpaired) electrons. The minimum absolute atomic E-state index is 0.122. The van der Waals surface area contributed by atoms with E-state index >= 15 is 0 Å². The van der Waals surface area contributed by atoms with Crippen molar-refractivity contribution < 1.29 is 9.59 Å². The van der Waals surface area contributed by atoms with Crippen molar-refractivity contribution in [3.63, 3.8) is 0 Å². The van der Waals surface area contributed by atoms with Gasteiger partial charge in [0.05, 0.1) is 11.6 Å². The summed E-state index contributed by atoms with van der Waals surface area (Å²) in [5, 5.41) is 8.89. The number of anilines is 2. The fraction of sp³-hybridized carbons (Fsp3) is 0.375. The van der Waals surface area contributed by atoms with Gasteiger partial charge in [-0.1, -0.05) is 12.1 Å². The zero-order valence-electron chi connectivity index (χ0n) is 16.6. The van der Waals surface area contributed by atoms with Gasteiger partial charge in [-0.05, 0) is 73.6 Å².